The molecule has 6 heteroatoms. The van der Waals surface area contributed by atoms with Crippen LogP contribution in [0.5, 0.6) is 0 Å². The number of rotatable bonds is 2. The van der Waals surface area contributed by atoms with Crippen molar-refractivity contribution in [3.05, 3.63) is 78.2 Å². The summed E-state index contributed by atoms with van der Waals surface area (Å²) in [6.07, 6.45) is 1.74. The molecule has 0 spiro atoms. The molecule has 1 N–H and O–H groups in total. The fraction of sp³-hybridized carbons (Fsp3) is 0.160. The quantitative estimate of drug-likeness (QED) is 0.537. The third kappa shape index (κ3) is 3.61. The van der Waals surface area contributed by atoms with Crippen molar-refractivity contribution in [3.63, 3.8) is 0 Å². The molecule has 1 atom stereocenters. The topological polar surface area (TPSA) is 62.3 Å². The van der Waals surface area contributed by atoms with Gasteiger partial charge in [-0.05, 0) is 53.6 Å². The molecule has 2 amide bonds. The molecule has 0 bridgehead atoms. The summed E-state index contributed by atoms with van der Waals surface area (Å²) in [5.41, 5.74) is 3.07. The van der Waals surface area contributed by atoms with Gasteiger partial charge in [0.05, 0.1) is 12.1 Å². The van der Waals surface area contributed by atoms with E-state index in [2.05, 4.69) is 10.3 Å². The Bertz CT molecular complexity index is 1350. The lowest BCUT2D eigenvalue weighted by Crippen LogP contribution is -2.54. The normalized spacial score (nSPS) is 16.5. The summed E-state index contributed by atoms with van der Waals surface area (Å²) in [5.74, 6) is -0.599. The number of pyridine rings is 1. The molecule has 0 aliphatic carbocycles. The minimum Gasteiger partial charge on any atom is -0.350 e. The van der Waals surface area contributed by atoms with Gasteiger partial charge in [0.25, 0.3) is 5.91 Å². The van der Waals surface area contributed by atoms with Crippen LogP contribution in [-0.4, -0.2) is 40.8 Å². The van der Waals surface area contributed by atoms with Crippen LogP contribution < -0.4 is 5.32 Å². The molecule has 1 saturated heterocycles. The van der Waals surface area contributed by atoms with Gasteiger partial charge < -0.3 is 10.2 Å². The molecule has 1 fully saturated rings. The Morgan fingerprint density at radius 1 is 1.10 bits per heavy atom. The lowest BCUT2D eigenvalue weighted by atomic mass is 9.96. The molecule has 3 aromatic carbocycles. The number of carbonyl (C=O) groups excluding carboxylic acids is 2. The van der Waals surface area contributed by atoms with Crippen molar-refractivity contribution in [3.8, 4) is 11.1 Å². The van der Waals surface area contributed by atoms with E-state index in [0.29, 0.717) is 17.6 Å². The Kier molecular flexibility index (Phi) is 4.62. The van der Waals surface area contributed by atoms with E-state index in [1.807, 2.05) is 43.3 Å². The Labute approximate surface area is 178 Å². The fourth-order valence-corrected chi connectivity index (χ4v) is 4.18. The SMILES string of the molecule is C[C@H]1CN(C(=O)c2ccc3c(-c4cnc5cc(F)ccc5c4)cccc3c2)CC(=O)N1. The second kappa shape index (κ2) is 7.47. The van der Waals surface area contributed by atoms with Crippen molar-refractivity contribution in [2.45, 2.75) is 13.0 Å². The molecule has 0 saturated carbocycles. The predicted octanol–water partition coefficient (Wildman–Crippen LogP) is 4.15. The van der Waals surface area contributed by atoms with E-state index in [4.69, 9.17) is 0 Å². The average molecular weight is 413 g/mol. The number of aromatic nitrogens is 1. The Hall–Kier alpha value is -3.80. The van der Waals surface area contributed by atoms with E-state index >= 15 is 0 Å². The second-order valence-electron chi connectivity index (χ2n) is 7.96. The van der Waals surface area contributed by atoms with Crippen molar-refractivity contribution < 1.29 is 14.0 Å². The third-order valence-corrected chi connectivity index (χ3v) is 5.61. The van der Waals surface area contributed by atoms with Crippen molar-refractivity contribution in [2.75, 3.05) is 13.1 Å². The molecular formula is C25H20FN3O2. The van der Waals surface area contributed by atoms with Gasteiger partial charge >= 0.3 is 0 Å². The number of hydrogen-bond acceptors (Lipinski definition) is 3. The van der Waals surface area contributed by atoms with Gasteiger partial charge in [0.2, 0.25) is 5.91 Å². The zero-order chi connectivity index (χ0) is 21.5. The smallest absolute Gasteiger partial charge is 0.254 e. The molecule has 1 aliphatic rings. The van der Waals surface area contributed by atoms with Crippen LogP contribution in [0.25, 0.3) is 32.8 Å². The van der Waals surface area contributed by atoms with Gasteiger partial charge in [-0.2, -0.15) is 0 Å². The monoisotopic (exact) mass is 413 g/mol. The van der Waals surface area contributed by atoms with Gasteiger partial charge in [0.15, 0.2) is 0 Å². The molecular weight excluding hydrogens is 393 g/mol. The number of benzene rings is 3. The van der Waals surface area contributed by atoms with Gasteiger partial charge in [-0.1, -0.05) is 24.3 Å². The van der Waals surface area contributed by atoms with E-state index < -0.39 is 0 Å². The molecule has 1 aromatic heterocycles. The largest absolute Gasteiger partial charge is 0.350 e. The highest BCUT2D eigenvalue weighted by atomic mass is 19.1. The van der Waals surface area contributed by atoms with Crippen molar-refractivity contribution in [1.82, 2.24) is 15.2 Å². The average Bonchev–Trinajstić information content (AvgIpc) is 2.76. The number of piperazine rings is 1. The van der Waals surface area contributed by atoms with E-state index in [1.165, 1.54) is 12.1 Å². The Morgan fingerprint density at radius 2 is 1.97 bits per heavy atom. The van der Waals surface area contributed by atoms with Crippen molar-refractivity contribution in [2.24, 2.45) is 0 Å². The summed E-state index contributed by atoms with van der Waals surface area (Å²) in [6.45, 7) is 2.45. The van der Waals surface area contributed by atoms with Crippen LogP contribution in [0.4, 0.5) is 4.39 Å². The minimum atomic E-state index is -0.310. The van der Waals surface area contributed by atoms with Crippen molar-refractivity contribution >= 4 is 33.5 Å². The molecule has 4 aromatic rings. The zero-order valence-corrected chi connectivity index (χ0v) is 16.9. The Balaban J connectivity index is 1.53. The molecule has 1 aliphatic heterocycles. The lowest BCUT2D eigenvalue weighted by Gasteiger charge is -2.31. The Morgan fingerprint density at radius 3 is 2.81 bits per heavy atom. The zero-order valence-electron chi connectivity index (χ0n) is 16.9. The molecule has 154 valence electrons. The van der Waals surface area contributed by atoms with Gasteiger partial charge in [0.1, 0.15) is 5.82 Å². The maximum absolute atomic E-state index is 13.5. The van der Waals surface area contributed by atoms with Gasteiger partial charge in [-0.15, -0.1) is 0 Å². The summed E-state index contributed by atoms with van der Waals surface area (Å²) >= 11 is 0. The van der Waals surface area contributed by atoms with E-state index in [1.54, 1.807) is 23.2 Å². The van der Waals surface area contributed by atoms with Crippen LogP contribution in [0.15, 0.2) is 66.9 Å². The molecule has 2 heterocycles. The number of amides is 2. The van der Waals surface area contributed by atoms with Gasteiger partial charge in [-0.25, -0.2) is 4.39 Å². The predicted molar refractivity (Wildman–Crippen MR) is 118 cm³/mol. The first kappa shape index (κ1) is 19.2. The summed E-state index contributed by atoms with van der Waals surface area (Å²) in [7, 11) is 0. The molecule has 5 nitrogen and oxygen atoms in total. The van der Waals surface area contributed by atoms with E-state index in [0.717, 1.165) is 27.3 Å². The highest BCUT2D eigenvalue weighted by molar-refractivity contribution is 6.04. The second-order valence-corrected chi connectivity index (χ2v) is 7.96. The molecule has 31 heavy (non-hydrogen) atoms. The highest BCUT2D eigenvalue weighted by Crippen LogP contribution is 2.31. The summed E-state index contributed by atoms with van der Waals surface area (Å²) in [6, 6.07) is 18.0. The van der Waals surface area contributed by atoms with Gasteiger partial charge in [-0.3, -0.25) is 14.6 Å². The van der Waals surface area contributed by atoms with Crippen LogP contribution in [-0.2, 0) is 4.79 Å². The molecule has 0 unspecified atom stereocenters. The third-order valence-electron chi connectivity index (χ3n) is 5.61. The van der Waals surface area contributed by atoms with Crippen LogP contribution in [0.1, 0.15) is 17.3 Å². The van der Waals surface area contributed by atoms with Crippen LogP contribution in [0.2, 0.25) is 0 Å². The molecule has 5 rings (SSSR count). The fourth-order valence-electron chi connectivity index (χ4n) is 4.18. The maximum atomic E-state index is 13.5. The molecule has 0 radical (unpaired) electrons. The standard InChI is InChI=1S/C25H20FN3O2/c1-15-13-29(14-24(30)28-15)25(31)18-6-8-22-16(9-18)3-2-4-21(22)19-10-17-5-7-20(26)11-23(17)27-12-19/h2-12,15H,13-14H2,1H3,(H,28,30)/t15-/m0/s1. The van der Waals surface area contributed by atoms with Crippen LogP contribution >= 0.6 is 0 Å². The minimum absolute atomic E-state index is 0.0638. The number of halogens is 1. The van der Waals surface area contributed by atoms with E-state index in [9.17, 15) is 14.0 Å². The van der Waals surface area contributed by atoms with Crippen molar-refractivity contribution in [1.29, 1.82) is 0 Å². The van der Waals surface area contributed by atoms with Crippen LogP contribution in [0, 0.1) is 5.82 Å². The summed E-state index contributed by atoms with van der Waals surface area (Å²) in [5, 5.41) is 5.61. The maximum Gasteiger partial charge on any atom is 0.254 e. The summed E-state index contributed by atoms with van der Waals surface area (Å²) < 4.78 is 13.5. The summed E-state index contributed by atoms with van der Waals surface area (Å²) in [4.78, 5) is 30.8. The first-order valence-corrected chi connectivity index (χ1v) is 10.1. The highest BCUT2D eigenvalue weighted by Gasteiger charge is 2.26. The number of hydrogen-bond donors (Lipinski definition) is 1. The number of nitrogens with zero attached hydrogens (tertiary/aromatic N) is 2. The first-order valence-electron chi connectivity index (χ1n) is 10.1. The lowest BCUT2D eigenvalue weighted by molar-refractivity contribution is -0.124. The number of fused-ring (bicyclic) bond motifs is 2. The first-order chi connectivity index (χ1) is 15.0. The van der Waals surface area contributed by atoms with E-state index in [-0.39, 0.29) is 30.2 Å². The number of carbonyl (C=O) groups is 2. The van der Waals surface area contributed by atoms with Crippen LogP contribution in [0.3, 0.4) is 0 Å². The van der Waals surface area contributed by atoms with Gasteiger partial charge in [0, 0.05) is 41.4 Å². The number of nitrogens with one attached hydrogen (secondary N) is 1.